The van der Waals surface area contributed by atoms with E-state index >= 15 is 0 Å². The molecule has 1 saturated carbocycles. The lowest BCUT2D eigenvalue weighted by Crippen LogP contribution is -2.38. The predicted molar refractivity (Wildman–Crippen MR) is 119 cm³/mol. The molecular formula is C22H30N4O2S. The van der Waals surface area contributed by atoms with Crippen LogP contribution in [0.2, 0.25) is 0 Å². The molecule has 7 heteroatoms. The quantitative estimate of drug-likeness (QED) is 0.317. The Morgan fingerprint density at radius 1 is 1.21 bits per heavy atom. The summed E-state index contributed by atoms with van der Waals surface area (Å²) in [6.07, 6.45) is 3.38. The molecule has 3 rings (SSSR count). The Kier molecular flexibility index (Phi) is 7.93. The third kappa shape index (κ3) is 7.09. The van der Waals surface area contributed by atoms with Crippen LogP contribution in [0, 0.1) is 12.8 Å². The SMILES string of the molecule is CN=C(NCCCNC(=O)c1cccs1)NCc1ccc(C)cc1OCC1CC1. The molecule has 0 spiro atoms. The summed E-state index contributed by atoms with van der Waals surface area (Å²) in [5.74, 6) is 2.41. The van der Waals surface area contributed by atoms with E-state index in [4.69, 9.17) is 4.74 Å². The summed E-state index contributed by atoms with van der Waals surface area (Å²) in [6, 6.07) is 10.0. The van der Waals surface area contributed by atoms with Gasteiger partial charge in [0.05, 0.1) is 11.5 Å². The molecule has 1 heterocycles. The molecule has 156 valence electrons. The number of thiophene rings is 1. The zero-order chi connectivity index (χ0) is 20.5. The summed E-state index contributed by atoms with van der Waals surface area (Å²) in [5, 5.41) is 11.5. The van der Waals surface area contributed by atoms with Crippen LogP contribution in [-0.2, 0) is 6.54 Å². The number of rotatable bonds is 10. The fourth-order valence-electron chi connectivity index (χ4n) is 2.83. The van der Waals surface area contributed by atoms with Crippen molar-refractivity contribution < 1.29 is 9.53 Å². The van der Waals surface area contributed by atoms with E-state index < -0.39 is 0 Å². The number of ether oxygens (including phenoxy) is 1. The topological polar surface area (TPSA) is 74.8 Å². The maximum atomic E-state index is 11.9. The molecule has 2 aromatic rings. The van der Waals surface area contributed by atoms with E-state index in [9.17, 15) is 4.79 Å². The minimum Gasteiger partial charge on any atom is -0.493 e. The third-order valence-corrected chi connectivity index (χ3v) is 5.61. The first-order valence-electron chi connectivity index (χ1n) is 10.1. The molecule has 1 aromatic carbocycles. The highest BCUT2D eigenvalue weighted by atomic mass is 32.1. The normalized spacial score (nSPS) is 13.8. The van der Waals surface area contributed by atoms with Crippen LogP contribution in [0.15, 0.2) is 40.7 Å². The zero-order valence-electron chi connectivity index (χ0n) is 17.2. The second-order valence-corrected chi connectivity index (χ2v) is 8.25. The van der Waals surface area contributed by atoms with Crippen LogP contribution in [0.1, 0.15) is 40.1 Å². The fraction of sp³-hybridized carbons (Fsp3) is 0.455. The van der Waals surface area contributed by atoms with Gasteiger partial charge in [0.15, 0.2) is 5.96 Å². The van der Waals surface area contributed by atoms with E-state index in [0.717, 1.165) is 47.6 Å². The van der Waals surface area contributed by atoms with Crippen molar-refractivity contribution in [3.8, 4) is 5.75 Å². The number of aryl methyl sites for hydroxylation is 1. The molecule has 3 N–H and O–H groups in total. The number of carbonyl (C=O) groups is 1. The molecule has 0 atom stereocenters. The summed E-state index contributed by atoms with van der Waals surface area (Å²) in [5.41, 5.74) is 2.33. The Balaban J connectivity index is 1.38. The van der Waals surface area contributed by atoms with Gasteiger partial charge < -0.3 is 20.7 Å². The van der Waals surface area contributed by atoms with Crippen molar-refractivity contribution in [3.63, 3.8) is 0 Å². The van der Waals surface area contributed by atoms with Crippen LogP contribution < -0.4 is 20.7 Å². The minimum absolute atomic E-state index is 0.0133. The van der Waals surface area contributed by atoms with E-state index in [1.54, 1.807) is 7.05 Å². The molecule has 0 saturated heterocycles. The van der Waals surface area contributed by atoms with E-state index in [2.05, 4.69) is 46.1 Å². The smallest absolute Gasteiger partial charge is 0.261 e. The molecule has 0 radical (unpaired) electrons. The van der Waals surface area contributed by atoms with Crippen molar-refractivity contribution in [1.29, 1.82) is 0 Å². The summed E-state index contributed by atoms with van der Waals surface area (Å²) < 4.78 is 6.03. The molecule has 1 fully saturated rings. The number of carbonyl (C=O) groups excluding carboxylic acids is 1. The van der Waals surface area contributed by atoms with E-state index in [1.807, 2.05) is 17.5 Å². The summed E-state index contributed by atoms with van der Waals surface area (Å²) >= 11 is 1.45. The minimum atomic E-state index is -0.0133. The standard InChI is InChI=1S/C22H30N4O2S/c1-16-6-9-18(19(13-16)28-15-17-7-8-17)14-26-22(23-2)25-11-4-10-24-21(27)20-5-3-12-29-20/h3,5-6,9,12-13,17H,4,7-8,10-11,14-15H2,1-2H3,(H,24,27)(H2,23,25,26). The maximum Gasteiger partial charge on any atom is 0.261 e. The monoisotopic (exact) mass is 414 g/mol. The first-order valence-corrected chi connectivity index (χ1v) is 11.0. The van der Waals surface area contributed by atoms with Gasteiger partial charge in [-0.1, -0.05) is 18.2 Å². The number of amides is 1. The van der Waals surface area contributed by atoms with Gasteiger partial charge in [-0.15, -0.1) is 11.3 Å². The van der Waals surface area contributed by atoms with Crippen LogP contribution in [0.4, 0.5) is 0 Å². The van der Waals surface area contributed by atoms with Crippen molar-refractivity contribution in [3.05, 3.63) is 51.7 Å². The lowest BCUT2D eigenvalue weighted by Gasteiger charge is -2.15. The molecule has 0 unspecified atom stereocenters. The van der Waals surface area contributed by atoms with Crippen LogP contribution in [-0.4, -0.2) is 38.6 Å². The second kappa shape index (κ2) is 10.9. The van der Waals surface area contributed by atoms with Gasteiger partial charge >= 0.3 is 0 Å². The van der Waals surface area contributed by atoms with Crippen LogP contribution in [0.3, 0.4) is 0 Å². The van der Waals surface area contributed by atoms with Crippen molar-refractivity contribution in [1.82, 2.24) is 16.0 Å². The molecule has 6 nitrogen and oxygen atoms in total. The lowest BCUT2D eigenvalue weighted by atomic mass is 10.1. The van der Waals surface area contributed by atoms with Gasteiger partial charge in [-0.05, 0) is 55.2 Å². The highest BCUT2D eigenvalue weighted by Gasteiger charge is 2.22. The number of benzene rings is 1. The molecule has 1 amide bonds. The predicted octanol–water partition coefficient (Wildman–Crippen LogP) is 3.33. The number of nitrogens with zero attached hydrogens (tertiary/aromatic N) is 1. The van der Waals surface area contributed by atoms with Crippen molar-refractivity contribution in [2.45, 2.75) is 32.7 Å². The van der Waals surface area contributed by atoms with Crippen LogP contribution >= 0.6 is 11.3 Å². The summed E-state index contributed by atoms with van der Waals surface area (Å²) in [4.78, 5) is 16.9. The van der Waals surface area contributed by atoms with Gasteiger partial charge in [0, 0.05) is 32.2 Å². The molecular weight excluding hydrogens is 384 g/mol. The highest BCUT2D eigenvalue weighted by Crippen LogP contribution is 2.30. The van der Waals surface area contributed by atoms with E-state index in [1.165, 1.54) is 29.7 Å². The average Bonchev–Trinajstić information content (AvgIpc) is 3.39. The first-order chi connectivity index (χ1) is 14.2. The molecule has 1 aliphatic rings. The summed E-state index contributed by atoms with van der Waals surface area (Å²) in [7, 11) is 1.76. The Morgan fingerprint density at radius 3 is 2.76 bits per heavy atom. The van der Waals surface area contributed by atoms with Gasteiger partial charge in [0.1, 0.15) is 5.75 Å². The molecule has 0 aliphatic heterocycles. The Labute approximate surface area is 176 Å². The first kappa shape index (κ1) is 21.2. The van der Waals surface area contributed by atoms with Crippen LogP contribution in [0.5, 0.6) is 5.75 Å². The largest absolute Gasteiger partial charge is 0.493 e. The molecule has 29 heavy (non-hydrogen) atoms. The highest BCUT2D eigenvalue weighted by molar-refractivity contribution is 7.12. The van der Waals surface area contributed by atoms with Gasteiger partial charge in [-0.3, -0.25) is 9.79 Å². The number of nitrogens with one attached hydrogen (secondary N) is 3. The van der Waals surface area contributed by atoms with E-state index in [-0.39, 0.29) is 5.91 Å². The number of aliphatic imine (C=N–C) groups is 1. The van der Waals surface area contributed by atoms with Gasteiger partial charge in [0.2, 0.25) is 0 Å². The molecule has 1 aromatic heterocycles. The Hall–Kier alpha value is -2.54. The van der Waals surface area contributed by atoms with E-state index in [0.29, 0.717) is 13.1 Å². The lowest BCUT2D eigenvalue weighted by molar-refractivity contribution is 0.0957. The average molecular weight is 415 g/mol. The summed E-state index contributed by atoms with van der Waals surface area (Å²) in [6.45, 7) is 4.88. The van der Waals surface area contributed by atoms with Crippen molar-refractivity contribution in [2.24, 2.45) is 10.9 Å². The van der Waals surface area contributed by atoms with Crippen molar-refractivity contribution >= 4 is 23.2 Å². The van der Waals surface area contributed by atoms with Gasteiger partial charge in [-0.25, -0.2) is 0 Å². The third-order valence-electron chi connectivity index (χ3n) is 4.74. The number of hydrogen-bond acceptors (Lipinski definition) is 4. The number of hydrogen-bond donors (Lipinski definition) is 3. The van der Waals surface area contributed by atoms with Crippen LogP contribution in [0.25, 0.3) is 0 Å². The van der Waals surface area contributed by atoms with Gasteiger partial charge in [-0.2, -0.15) is 0 Å². The Morgan fingerprint density at radius 2 is 2.03 bits per heavy atom. The zero-order valence-corrected chi connectivity index (χ0v) is 18.0. The molecule has 1 aliphatic carbocycles. The Bertz CT molecular complexity index is 816. The maximum absolute atomic E-state index is 11.9. The second-order valence-electron chi connectivity index (χ2n) is 7.30. The van der Waals surface area contributed by atoms with Gasteiger partial charge in [0.25, 0.3) is 5.91 Å². The van der Waals surface area contributed by atoms with Crippen molar-refractivity contribution in [2.75, 3.05) is 26.7 Å². The fourth-order valence-corrected chi connectivity index (χ4v) is 3.47. The molecule has 0 bridgehead atoms. The number of guanidine groups is 1.